The fourth-order valence-corrected chi connectivity index (χ4v) is 3.51. The molecule has 0 bridgehead atoms. The summed E-state index contributed by atoms with van der Waals surface area (Å²) in [5, 5.41) is 3.14. The van der Waals surface area contributed by atoms with E-state index in [2.05, 4.69) is 32.4 Å². The van der Waals surface area contributed by atoms with Gasteiger partial charge in [0.25, 0.3) is 0 Å². The quantitative estimate of drug-likeness (QED) is 0.942. The highest BCUT2D eigenvalue weighted by Crippen LogP contribution is 2.34. The Kier molecular flexibility index (Phi) is 3.33. The van der Waals surface area contributed by atoms with Gasteiger partial charge in [-0.05, 0) is 33.9 Å². The smallest absolute Gasteiger partial charge is 0.134 e. The lowest BCUT2D eigenvalue weighted by atomic mass is 10.3. The minimum atomic E-state index is 0.645. The first-order valence-electron chi connectivity index (χ1n) is 4.20. The third-order valence-corrected chi connectivity index (χ3v) is 4.63. The van der Waals surface area contributed by atoms with Crippen LogP contribution in [0.3, 0.4) is 0 Å². The van der Waals surface area contributed by atoms with E-state index in [-0.39, 0.29) is 0 Å². The first-order valence-corrected chi connectivity index (χ1v) is 6.69. The predicted octanol–water partition coefficient (Wildman–Crippen LogP) is 3.14. The fraction of sp³-hybridized carbons (Fsp3) is 0.222. The Balaban J connectivity index is 2.33. The third kappa shape index (κ3) is 2.06. The highest BCUT2D eigenvalue weighted by atomic mass is 79.9. The van der Waals surface area contributed by atoms with Gasteiger partial charge in [-0.1, -0.05) is 6.07 Å². The molecule has 0 radical (unpaired) electrons. The van der Waals surface area contributed by atoms with Crippen molar-refractivity contribution in [3.8, 4) is 9.88 Å². The van der Waals surface area contributed by atoms with E-state index in [1.165, 1.54) is 4.88 Å². The van der Waals surface area contributed by atoms with E-state index in [9.17, 15) is 0 Å². The summed E-state index contributed by atoms with van der Waals surface area (Å²) < 4.78 is 1.10. The molecular weight excluding hydrogens is 280 g/mol. The Morgan fingerprint density at radius 2 is 2.36 bits per heavy atom. The van der Waals surface area contributed by atoms with Crippen molar-refractivity contribution in [1.29, 1.82) is 0 Å². The molecule has 0 saturated carbocycles. The first kappa shape index (κ1) is 10.3. The van der Waals surface area contributed by atoms with Crippen LogP contribution in [-0.4, -0.2) is 11.5 Å². The number of hydrogen-bond donors (Lipinski definition) is 1. The number of nitrogens with two attached hydrogens (primary N) is 1. The summed E-state index contributed by atoms with van der Waals surface area (Å²) in [5.74, 6) is 0. The van der Waals surface area contributed by atoms with Gasteiger partial charge in [0.05, 0.1) is 14.4 Å². The molecule has 0 aliphatic carbocycles. The third-order valence-electron chi connectivity index (χ3n) is 1.76. The van der Waals surface area contributed by atoms with E-state index in [0.29, 0.717) is 6.54 Å². The van der Waals surface area contributed by atoms with Gasteiger partial charge in [0.2, 0.25) is 0 Å². The Morgan fingerprint density at radius 3 is 3.00 bits per heavy atom. The van der Waals surface area contributed by atoms with E-state index in [4.69, 9.17) is 5.73 Å². The van der Waals surface area contributed by atoms with Crippen molar-refractivity contribution < 1.29 is 0 Å². The van der Waals surface area contributed by atoms with Gasteiger partial charge >= 0.3 is 0 Å². The molecule has 0 atom stereocenters. The zero-order chi connectivity index (χ0) is 9.97. The fourth-order valence-electron chi connectivity index (χ4n) is 1.13. The lowest BCUT2D eigenvalue weighted by Gasteiger charge is -1.90. The van der Waals surface area contributed by atoms with Crippen molar-refractivity contribution in [1.82, 2.24) is 4.98 Å². The second kappa shape index (κ2) is 4.53. The molecule has 2 nitrogen and oxygen atoms in total. The number of nitrogens with zero attached hydrogens (tertiary/aromatic N) is 1. The molecule has 2 aromatic rings. The van der Waals surface area contributed by atoms with Crippen molar-refractivity contribution in [3.63, 3.8) is 0 Å². The van der Waals surface area contributed by atoms with E-state index < -0.39 is 0 Å². The summed E-state index contributed by atoms with van der Waals surface area (Å²) >= 11 is 6.89. The van der Waals surface area contributed by atoms with E-state index in [1.54, 1.807) is 22.7 Å². The van der Waals surface area contributed by atoms with Crippen LogP contribution in [0.1, 0.15) is 5.69 Å². The van der Waals surface area contributed by atoms with E-state index in [0.717, 1.165) is 20.9 Å². The first-order chi connectivity index (χ1) is 6.81. The maximum atomic E-state index is 5.50. The van der Waals surface area contributed by atoms with Crippen LogP contribution >= 0.6 is 38.6 Å². The molecule has 5 heteroatoms. The molecule has 0 aliphatic rings. The second-order valence-corrected chi connectivity index (χ2v) is 6.02. The molecule has 0 spiro atoms. The van der Waals surface area contributed by atoms with Gasteiger partial charge in [-0.25, -0.2) is 4.98 Å². The van der Waals surface area contributed by atoms with Crippen LogP contribution in [0.5, 0.6) is 0 Å². The molecule has 0 fully saturated rings. The van der Waals surface area contributed by atoms with Gasteiger partial charge in [-0.15, -0.1) is 22.7 Å². The summed E-state index contributed by atoms with van der Waals surface area (Å²) in [6.07, 6.45) is 0.836. The zero-order valence-corrected chi connectivity index (χ0v) is 10.6. The lowest BCUT2D eigenvalue weighted by molar-refractivity contribution is 0.932. The molecule has 2 aromatic heterocycles. The summed E-state index contributed by atoms with van der Waals surface area (Å²) in [6.45, 7) is 0.645. The molecule has 2 N–H and O–H groups in total. The van der Waals surface area contributed by atoms with Crippen molar-refractivity contribution in [3.05, 3.63) is 27.0 Å². The molecule has 2 rings (SSSR count). The van der Waals surface area contributed by atoms with Crippen LogP contribution in [0, 0.1) is 0 Å². The van der Waals surface area contributed by atoms with Crippen molar-refractivity contribution >= 4 is 38.6 Å². The molecular formula is C9H9BrN2S2. The number of hydrogen-bond acceptors (Lipinski definition) is 4. The average molecular weight is 289 g/mol. The summed E-state index contributed by atoms with van der Waals surface area (Å²) in [6, 6.07) is 4.13. The molecule has 2 heterocycles. The van der Waals surface area contributed by atoms with Crippen LogP contribution in [0.25, 0.3) is 9.88 Å². The van der Waals surface area contributed by atoms with Crippen molar-refractivity contribution in [2.24, 2.45) is 5.73 Å². The van der Waals surface area contributed by atoms with Crippen LogP contribution in [-0.2, 0) is 6.42 Å². The lowest BCUT2D eigenvalue weighted by Crippen LogP contribution is -2.03. The van der Waals surface area contributed by atoms with E-state index >= 15 is 0 Å². The van der Waals surface area contributed by atoms with Crippen molar-refractivity contribution in [2.75, 3.05) is 6.54 Å². The maximum Gasteiger partial charge on any atom is 0.134 e. The zero-order valence-electron chi connectivity index (χ0n) is 7.37. The molecule has 0 amide bonds. The summed E-state index contributed by atoms with van der Waals surface area (Å²) in [4.78, 5) is 5.77. The highest BCUT2D eigenvalue weighted by Gasteiger charge is 2.10. The van der Waals surface area contributed by atoms with Crippen LogP contribution in [0.4, 0.5) is 0 Å². The summed E-state index contributed by atoms with van der Waals surface area (Å²) in [7, 11) is 0. The number of thiophene rings is 1. The Morgan fingerprint density at radius 1 is 1.50 bits per heavy atom. The monoisotopic (exact) mass is 288 g/mol. The second-order valence-electron chi connectivity index (χ2n) is 2.76. The van der Waals surface area contributed by atoms with Crippen LogP contribution < -0.4 is 5.73 Å². The molecule has 0 saturated heterocycles. The number of halogens is 1. The molecule has 74 valence electrons. The summed E-state index contributed by atoms with van der Waals surface area (Å²) in [5.41, 5.74) is 6.57. The molecule has 14 heavy (non-hydrogen) atoms. The van der Waals surface area contributed by atoms with Gasteiger partial charge in [-0.3, -0.25) is 0 Å². The average Bonchev–Trinajstić information content (AvgIpc) is 2.76. The van der Waals surface area contributed by atoms with Gasteiger partial charge in [0, 0.05) is 6.42 Å². The normalized spacial score (nSPS) is 10.7. The van der Waals surface area contributed by atoms with Gasteiger partial charge in [0.15, 0.2) is 0 Å². The van der Waals surface area contributed by atoms with Crippen LogP contribution in [0.2, 0.25) is 0 Å². The SMILES string of the molecule is NCCc1nc(-c2cccs2)sc1Br. The van der Waals surface area contributed by atoms with Gasteiger partial charge in [0.1, 0.15) is 5.01 Å². The largest absolute Gasteiger partial charge is 0.330 e. The maximum absolute atomic E-state index is 5.50. The Bertz CT molecular complexity index is 408. The minimum Gasteiger partial charge on any atom is -0.330 e. The number of thiazole rings is 1. The van der Waals surface area contributed by atoms with Gasteiger partial charge < -0.3 is 5.73 Å². The van der Waals surface area contributed by atoms with Crippen molar-refractivity contribution in [2.45, 2.75) is 6.42 Å². The Labute approximate surface area is 98.9 Å². The standard InChI is InChI=1S/C9H9BrN2S2/c10-8-6(3-4-11)12-9(14-8)7-2-1-5-13-7/h1-2,5H,3-4,11H2. The number of aromatic nitrogens is 1. The van der Waals surface area contributed by atoms with E-state index in [1.807, 2.05) is 6.07 Å². The molecule has 0 unspecified atom stereocenters. The number of rotatable bonds is 3. The predicted molar refractivity (Wildman–Crippen MR) is 65.9 cm³/mol. The van der Waals surface area contributed by atoms with Crippen LogP contribution in [0.15, 0.2) is 21.3 Å². The highest BCUT2D eigenvalue weighted by molar-refractivity contribution is 9.11. The molecule has 0 aromatic carbocycles. The van der Waals surface area contributed by atoms with Gasteiger partial charge in [-0.2, -0.15) is 0 Å². The topological polar surface area (TPSA) is 38.9 Å². The minimum absolute atomic E-state index is 0.645. The Hall–Kier alpha value is -0.230. The molecule has 0 aliphatic heterocycles.